The van der Waals surface area contributed by atoms with Crippen molar-refractivity contribution in [3.8, 4) is 0 Å². The molecule has 0 aromatic rings. The van der Waals surface area contributed by atoms with E-state index in [-0.39, 0.29) is 30.3 Å². The van der Waals surface area contributed by atoms with Crippen LogP contribution in [0.1, 0.15) is 39.5 Å². The molecule has 0 saturated carbocycles. The van der Waals surface area contributed by atoms with Gasteiger partial charge in [-0.1, -0.05) is 6.92 Å². The van der Waals surface area contributed by atoms with Gasteiger partial charge in [-0.2, -0.15) is 0 Å². The Morgan fingerprint density at radius 2 is 1.77 bits per heavy atom. The van der Waals surface area contributed by atoms with Crippen LogP contribution in [0.2, 0.25) is 0 Å². The Balaban J connectivity index is 2.38. The first-order valence-corrected chi connectivity index (χ1v) is 10.6. The number of hydrogen-bond acceptors (Lipinski definition) is 14. The second-order valence-corrected chi connectivity index (χ2v) is 7.61. The van der Waals surface area contributed by atoms with Crippen molar-refractivity contribution in [2.75, 3.05) is 25.5 Å². The quantitative estimate of drug-likeness (QED) is 0.130. The summed E-state index contributed by atoms with van der Waals surface area (Å²) in [5.41, 5.74) is 0. The predicted octanol–water partition coefficient (Wildman–Crippen LogP) is 1.18. The largest absolute Gasteiger partial charge is 0.464 e. The summed E-state index contributed by atoms with van der Waals surface area (Å²) in [6.07, 6.45) is 0.768. The molecule has 3 atom stereocenters. The fourth-order valence-electron chi connectivity index (χ4n) is 2.77. The zero-order valence-electron chi connectivity index (χ0n) is 17.3. The van der Waals surface area contributed by atoms with Crippen molar-refractivity contribution in [2.24, 2.45) is 5.92 Å². The highest BCUT2D eigenvalue weighted by Gasteiger charge is 2.37. The van der Waals surface area contributed by atoms with E-state index in [1.165, 1.54) is 11.8 Å². The summed E-state index contributed by atoms with van der Waals surface area (Å²) >= 11 is 0.723. The van der Waals surface area contributed by atoms with Gasteiger partial charge in [-0.05, 0) is 37.4 Å². The number of nitrogens with zero attached hydrogens (tertiary/aromatic N) is 3. The molecule has 0 aliphatic carbocycles. The molecule has 1 fully saturated rings. The average Bonchev–Trinajstić information content (AvgIpc) is 3.16. The van der Waals surface area contributed by atoms with Gasteiger partial charge < -0.3 is 14.4 Å². The van der Waals surface area contributed by atoms with Crippen molar-refractivity contribution < 1.29 is 54.4 Å². The van der Waals surface area contributed by atoms with Gasteiger partial charge >= 0.3 is 11.3 Å². The summed E-state index contributed by atoms with van der Waals surface area (Å²) in [5.74, 6) is -1.29. The van der Waals surface area contributed by atoms with E-state index in [0.29, 0.717) is 32.2 Å². The summed E-state index contributed by atoms with van der Waals surface area (Å²) in [5, 5.41) is 32.0. The Labute approximate surface area is 182 Å². The van der Waals surface area contributed by atoms with Crippen LogP contribution in [-0.4, -0.2) is 91.5 Å². The zero-order valence-corrected chi connectivity index (χ0v) is 18.1. The lowest BCUT2D eigenvalue weighted by molar-refractivity contribution is -0.518. The van der Waals surface area contributed by atoms with E-state index in [0.717, 1.165) is 11.8 Å². The first kappa shape index (κ1) is 27.5. The number of amides is 1. The number of esters is 1. The van der Waals surface area contributed by atoms with Gasteiger partial charge in [-0.25, -0.2) is 14.4 Å². The van der Waals surface area contributed by atoms with E-state index in [1.54, 1.807) is 6.92 Å². The van der Waals surface area contributed by atoms with Crippen molar-refractivity contribution in [3.63, 3.8) is 0 Å². The van der Waals surface area contributed by atoms with Gasteiger partial charge in [0.2, 0.25) is 12.2 Å². The number of unbranched alkanes of at least 4 members (excludes halogenated alkanes) is 1. The van der Waals surface area contributed by atoms with Crippen LogP contribution in [0.4, 0.5) is 4.79 Å². The predicted molar refractivity (Wildman–Crippen MR) is 100 cm³/mol. The number of hydrogen-bond donors (Lipinski definition) is 4. The number of likely N-dealkylation sites (tertiary alicyclic amines) is 1. The maximum atomic E-state index is 12.7. The Morgan fingerprint density at radius 3 is 2.42 bits per heavy atom. The molecule has 14 nitrogen and oxygen atoms in total. The minimum absolute atomic E-state index is 0.0410. The molecule has 1 unspecified atom stereocenters. The van der Waals surface area contributed by atoms with Crippen molar-refractivity contribution in [3.05, 3.63) is 0 Å². The smallest absolute Gasteiger partial charge is 0.369 e. The van der Waals surface area contributed by atoms with E-state index >= 15 is 0 Å². The first-order chi connectivity index (χ1) is 14.6. The lowest BCUT2D eigenvalue weighted by Crippen LogP contribution is -2.44. The van der Waals surface area contributed by atoms with Crippen molar-refractivity contribution in [1.82, 2.24) is 15.7 Å². The minimum atomic E-state index is -1.24. The lowest BCUT2D eigenvalue weighted by atomic mass is 10.1. The number of carbonyl (C=O) groups is 3. The lowest BCUT2D eigenvalue weighted by Gasteiger charge is -2.26. The SMILES string of the molecule is CC(OC(=O)SC[C@@H](C)C(=O)N1CCC[C@H]1C(=O)OCCCCON(O)O)ON(O)O. The number of thioether (sulfide) groups is 1. The standard InChI is InChI=1S/C16H29N3O11S/c1-11(10-31-16(22)29-12(2)30-19(25)26)14(20)17-7-5-6-13(17)15(21)27-8-3-4-9-28-18(23)24/h11-13,23-26H,3-10H2,1-2H3/t11-,12?,13+/m1/s1. The van der Waals surface area contributed by atoms with Gasteiger partial charge in [-0.15, -0.1) is 0 Å². The molecule has 31 heavy (non-hydrogen) atoms. The number of carbonyl (C=O) groups excluding carboxylic acids is 3. The molecule has 0 aromatic heterocycles. The van der Waals surface area contributed by atoms with Crippen LogP contribution in [-0.2, 0) is 28.7 Å². The molecule has 15 heteroatoms. The molecule has 0 spiro atoms. The van der Waals surface area contributed by atoms with Gasteiger partial charge in [0, 0.05) is 25.1 Å². The summed E-state index contributed by atoms with van der Waals surface area (Å²) in [6, 6.07) is -0.693. The molecule has 1 saturated heterocycles. The summed E-state index contributed by atoms with van der Waals surface area (Å²) in [6.45, 7) is 3.45. The molecular weight excluding hydrogens is 442 g/mol. The molecule has 1 rings (SSSR count). The zero-order chi connectivity index (χ0) is 23.4. The average molecular weight is 471 g/mol. The van der Waals surface area contributed by atoms with E-state index in [2.05, 4.69) is 9.68 Å². The van der Waals surface area contributed by atoms with E-state index in [4.69, 9.17) is 30.3 Å². The van der Waals surface area contributed by atoms with Crippen LogP contribution in [0, 0.1) is 5.92 Å². The summed E-state index contributed by atoms with van der Waals surface area (Å²) in [7, 11) is 0. The van der Waals surface area contributed by atoms with E-state index in [1.807, 2.05) is 0 Å². The summed E-state index contributed by atoms with van der Waals surface area (Å²) in [4.78, 5) is 46.9. The maximum absolute atomic E-state index is 12.7. The highest BCUT2D eigenvalue weighted by Crippen LogP contribution is 2.23. The maximum Gasteiger partial charge on any atom is 0.369 e. The number of rotatable bonds is 13. The normalized spacial score (nSPS) is 18.3. The van der Waals surface area contributed by atoms with Gasteiger partial charge in [0.25, 0.3) is 0 Å². The molecule has 0 aromatic carbocycles. The van der Waals surface area contributed by atoms with Crippen LogP contribution in [0.25, 0.3) is 0 Å². The van der Waals surface area contributed by atoms with Crippen molar-refractivity contribution in [1.29, 1.82) is 0 Å². The van der Waals surface area contributed by atoms with Crippen molar-refractivity contribution >= 4 is 28.9 Å². The van der Waals surface area contributed by atoms with Crippen molar-refractivity contribution in [2.45, 2.75) is 51.9 Å². The molecule has 1 amide bonds. The Kier molecular flexibility index (Phi) is 12.8. The molecule has 180 valence electrons. The molecular formula is C16H29N3O11S. The first-order valence-electron chi connectivity index (χ1n) is 9.57. The van der Waals surface area contributed by atoms with E-state index in [9.17, 15) is 14.4 Å². The minimum Gasteiger partial charge on any atom is -0.464 e. The summed E-state index contributed by atoms with van der Waals surface area (Å²) < 4.78 is 9.97. The fraction of sp³-hybridized carbons (Fsp3) is 0.812. The third-order valence-corrected chi connectivity index (χ3v) is 5.17. The second-order valence-electron chi connectivity index (χ2n) is 6.66. The van der Waals surface area contributed by atoms with Gasteiger partial charge in [0.15, 0.2) is 0 Å². The highest BCUT2D eigenvalue weighted by molar-refractivity contribution is 8.13. The fourth-order valence-corrected chi connectivity index (χ4v) is 3.50. The van der Waals surface area contributed by atoms with E-state index < -0.39 is 34.9 Å². The second kappa shape index (κ2) is 14.5. The van der Waals surface area contributed by atoms with Gasteiger partial charge in [-0.3, -0.25) is 30.5 Å². The van der Waals surface area contributed by atoms with Crippen LogP contribution in [0.3, 0.4) is 0 Å². The molecule has 0 bridgehead atoms. The van der Waals surface area contributed by atoms with Gasteiger partial charge in [0.1, 0.15) is 6.04 Å². The van der Waals surface area contributed by atoms with Crippen LogP contribution < -0.4 is 0 Å². The van der Waals surface area contributed by atoms with Crippen LogP contribution in [0.5, 0.6) is 0 Å². The highest BCUT2D eigenvalue weighted by atomic mass is 32.2. The third-order valence-electron chi connectivity index (χ3n) is 4.18. The molecule has 0 radical (unpaired) electrons. The Morgan fingerprint density at radius 1 is 1.10 bits per heavy atom. The van der Waals surface area contributed by atoms with Gasteiger partial charge in [0.05, 0.1) is 24.0 Å². The number of ether oxygens (including phenoxy) is 2. The molecule has 1 aliphatic heterocycles. The topological polar surface area (TPSA) is 179 Å². The molecule has 1 aliphatic rings. The van der Waals surface area contributed by atoms with Crippen LogP contribution in [0.15, 0.2) is 0 Å². The monoisotopic (exact) mass is 471 g/mol. The molecule has 4 N–H and O–H groups in total. The third kappa shape index (κ3) is 11.0. The molecule has 1 heterocycles. The Hall–Kier alpha value is -1.56. The Bertz CT molecular complexity index is 581. The van der Waals surface area contributed by atoms with Crippen LogP contribution >= 0.6 is 11.8 Å².